The Bertz CT molecular complexity index is 601. The Morgan fingerprint density at radius 2 is 2.00 bits per heavy atom. The quantitative estimate of drug-likeness (QED) is 0.872. The highest BCUT2D eigenvalue weighted by molar-refractivity contribution is 9.10. The smallest absolute Gasteiger partial charge is 0.247 e. The summed E-state index contributed by atoms with van der Waals surface area (Å²) in [5.41, 5.74) is 0. The molecule has 1 fully saturated rings. The number of sulfonamides is 1. The van der Waals surface area contributed by atoms with Crippen molar-refractivity contribution >= 4 is 26.0 Å². The Hall–Kier alpha value is -0.570. The van der Waals surface area contributed by atoms with Crippen molar-refractivity contribution in [2.45, 2.75) is 36.6 Å². The van der Waals surface area contributed by atoms with E-state index in [9.17, 15) is 22.3 Å². The molecular formula is C13H16BrF2NO3S. The van der Waals surface area contributed by atoms with Crippen LogP contribution in [0.15, 0.2) is 21.5 Å². The maximum absolute atomic E-state index is 14.0. The molecule has 4 nitrogen and oxygen atoms in total. The summed E-state index contributed by atoms with van der Waals surface area (Å²) in [7, 11) is -4.14. The molecule has 118 valence electrons. The largest absolute Gasteiger partial charge is 0.395 e. The van der Waals surface area contributed by atoms with Gasteiger partial charge < -0.3 is 5.11 Å². The van der Waals surface area contributed by atoms with Crippen LogP contribution in [-0.2, 0) is 10.0 Å². The Kier molecular flexibility index (Phi) is 5.34. The molecule has 8 heteroatoms. The highest BCUT2D eigenvalue weighted by Gasteiger charge is 2.35. The molecule has 0 aliphatic carbocycles. The molecule has 1 atom stereocenters. The zero-order chi connectivity index (χ0) is 15.6. The van der Waals surface area contributed by atoms with E-state index >= 15 is 0 Å². The van der Waals surface area contributed by atoms with Gasteiger partial charge in [-0.15, -0.1) is 0 Å². The minimum absolute atomic E-state index is 0.152. The lowest BCUT2D eigenvalue weighted by Gasteiger charge is -2.28. The Labute approximate surface area is 130 Å². The molecule has 0 spiro atoms. The number of hydrogen-bond acceptors (Lipinski definition) is 3. The van der Waals surface area contributed by atoms with Crippen LogP contribution < -0.4 is 0 Å². The van der Waals surface area contributed by atoms with E-state index in [-0.39, 0.29) is 17.6 Å². The number of benzene rings is 1. The molecule has 0 saturated carbocycles. The first-order valence-corrected chi connectivity index (χ1v) is 8.88. The average Bonchev–Trinajstić information content (AvgIpc) is 2.62. The maximum Gasteiger partial charge on any atom is 0.247 e. The molecule has 1 unspecified atom stereocenters. The molecule has 0 radical (unpaired) electrons. The van der Waals surface area contributed by atoms with Crippen molar-refractivity contribution in [1.29, 1.82) is 0 Å². The molecule has 0 amide bonds. The zero-order valence-corrected chi connectivity index (χ0v) is 13.6. The van der Waals surface area contributed by atoms with Gasteiger partial charge in [0.05, 0.1) is 6.61 Å². The molecule has 1 aliphatic rings. The van der Waals surface area contributed by atoms with Gasteiger partial charge in [-0.2, -0.15) is 4.31 Å². The number of aliphatic hydroxyl groups excluding tert-OH is 1. The molecule has 1 aromatic rings. The molecular weight excluding hydrogens is 368 g/mol. The van der Waals surface area contributed by atoms with Crippen molar-refractivity contribution in [1.82, 2.24) is 4.31 Å². The summed E-state index contributed by atoms with van der Waals surface area (Å²) in [5.74, 6) is -1.99. The molecule has 2 rings (SSSR count). The van der Waals surface area contributed by atoms with Gasteiger partial charge in [-0.3, -0.25) is 0 Å². The normalized spacial score (nSPS) is 21.2. The third kappa shape index (κ3) is 3.44. The minimum atomic E-state index is -4.14. The minimum Gasteiger partial charge on any atom is -0.395 e. The lowest BCUT2D eigenvalue weighted by molar-refractivity contribution is 0.186. The van der Waals surface area contributed by atoms with E-state index in [2.05, 4.69) is 15.9 Å². The van der Waals surface area contributed by atoms with Crippen molar-refractivity contribution in [3.8, 4) is 0 Å². The SMILES string of the molecule is O=S(=O)(c1c(F)cc(F)cc1Br)N1CCCCCC1CO. The third-order valence-electron chi connectivity index (χ3n) is 3.56. The van der Waals surface area contributed by atoms with Crippen LogP contribution in [0.1, 0.15) is 25.7 Å². The summed E-state index contributed by atoms with van der Waals surface area (Å²) in [6.07, 6.45) is 2.84. The number of rotatable bonds is 3. The molecule has 1 N–H and O–H groups in total. The van der Waals surface area contributed by atoms with Crippen molar-refractivity contribution in [3.05, 3.63) is 28.2 Å². The second-order valence-corrected chi connectivity index (χ2v) is 7.68. The zero-order valence-electron chi connectivity index (χ0n) is 11.2. The fourth-order valence-corrected chi connectivity index (χ4v) is 5.34. The van der Waals surface area contributed by atoms with E-state index in [0.29, 0.717) is 18.9 Å². The first kappa shape index (κ1) is 16.8. The van der Waals surface area contributed by atoms with E-state index < -0.39 is 32.6 Å². The summed E-state index contributed by atoms with van der Waals surface area (Å²) in [5, 5.41) is 9.41. The van der Waals surface area contributed by atoms with Gasteiger partial charge in [0, 0.05) is 23.1 Å². The van der Waals surface area contributed by atoms with Gasteiger partial charge in [0.25, 0.3) is 0 Å². The van der Waals surface area contributed by atoms with Crippen molar-refractivity contribution < 1.29 is 22.3 Å². The molecule has 1 aliphatic heterocycles. The van der Waals surface area contributed by atoms with Crippen LogP contribution >= 0.6 is 15.9 Å². The number of aliphatic hydroxyl groups is 1. The second kappa shape index (κ2) is 6.68. The Balaban J connectivity index is 2.50. The lowest BCUT2D eigenvalue weighted by Crippen LogP contribution is -2.42. The van der Waals surface area contributed by atoms with Gasteiger partial charge in [-0.1, -0.05) is 12.8 Å². The van der Waals surface area contributed by atoms with E-state index in [1.165, 1.54) is 0 Å². The van der Waals surface area contributed by atoms with Gasteiger partial charge in [-0.05, 0) is 34.8 Å². The number of nitrogens with zero attached hydrogens (tertiary/aromatic N) is 1. The predicted octanol–water partition coefficient (Wildman–Crippen LogP) is 2.65. The van der Waals surface area contributed by atoms with E-state index in [4.69, 9.17) is 0 Å². The summed E-state index contributed by atoms with van der Waals surface area (Å²) in [4.78, 5) is -0.579. The predicted molar refractivity (Wildman–Crippen MR) is 77.3 cm³/mol. The van der Waals surface area contributed by atoms with Crippen LogP contribution in [-0.4, -0.2) is 37.0 Å². The van der Waals surface area contributed by atoms with E-state index in [0.717, 1.165) is 23.2 Å². The molecule has 0 aromatic heterocycles. The number of halogens is 3. The molecule has 1 saturated heterocycles. The van der Waals surface area contributed by atoms with Crippen LogP contribution in [0.2, 0.25) is 0 Å². The first-order chi connectivity index (χ1) is 9.87. The number of hydrogen-bond donors (Lipinski definition) is 1. The average molecular weight is 384 g/mol. The summed E-state index contributed by atoms with van der Waals surface area (Å²) in [6.45, 7) is -0.101. The summed E-state index contributed by atoms with van der Waals surface area (Å²) >= 11 is 2.91. The third-order valence-corrected chi connectivity index (χ3v) is 6.48. The standard InChI is InChI=1S/C13H16BrF2NO3S/c14-11-6-9(15)7-12(16)13(11)21(19,20)17-5-3-1-2-4-10(17)8-18/h6-7,10,18H,1-5,8H2. The Morgan fingerprint density at radius 1 is 1.29 bits per heavy atom. The van der Waals surface area contributed by atoms with E-state index in [1.54, 1.807) is 0 Å². The van der Waals surface area contributed by atoms with Crippen LogP contribution in [0.3, 0.4) is 0 Å². The topological polar surface area (TPSA) is 57.6 Å². The van der Waals surface area contributed by atoms with Crippen molar-refractivity contribution in [3.63, 3.8) is 0 Å². The van der Waals surface area contributed by atoms with Crippen LogP contribution in [0.5, 0.6) is 0 Å². The molecule has 21 heavy (non-hydrogen) atoms. The highest BCUT2D eigenvalue weighted by Crippen LogP contribution is 2.31. The van der Waals surface area contributed by atoms with Crippen LogP contribution in [0.4, 0.5) is 8.78 Å². The molecule has 1 aromatic carbocycles. The van der Waals surface area contributed by atoms with Gasteiger partial charge in [-0.25, -0.2) is 17.2 Å². The first-order valence-electron chi connectivity index (χ1n) is 6.65. The van der Waals surface area contributed by atoms with Crippen molar-refractivity contribution in [2.75, 3.05) is 13.2 Å². The van der Waals surface area contributed by atoms with Crippen molar-refractivity contribution in [2.24, 2.45) is 0 Å². The lowest BCUT2D eigenvalue weighted by atomic mass is 10.1. The fourth-order valence-electron chi connectivity index (χ4n) is 2.54. The van der Waals surface area contributed by atoms with Gasteiger partial charge in [0.2, 0.25) is 10.0 Å². The molecule has 1 heterocycles. The summed E-state index contributed by atoms with van der Waals surface area (Å²) in [6, 6.07) is 0.888. The van der Waals surface area contributed by atoms with Crippen LogP contribution in [0, 0.1) is 11.6 Å². The summed E-state index contributed by atoms with van der Waals surface area (Å²) < 4.78 is 53.4. The second-order valence-electron chi connectivity index (χ2n) is 5.00. The maximum atomic E-state index is 14.0. The van der Waals surface area contributed by atoms with Gasteiger partial charge in [0.1, 0.15) is 16.5 Å². The monoisotopic (exact) mass is 383 g/mol. The highest BCUT2D eigenvalue weighted by atomic mass is 79.9. The fraction of sp³-hybridized carbons (Fsp3) is 0.538. The molecule has 0 bridgehead atoms. The van der Waals surface area contributed by atoms with E-state index in [1.807, 2.05) is 0 Å². The van der Waals surface area contributed by atoms with Gasteiger partial charge >= 0.3 is 0 Å². The van der Waals surface area contributed by atoms with Crippen LogP contribution in [0.25, 0.3) is 0 Å². The Morgan fingerprint density at radius 3 is 2.62 bits per heavy atom. The van der Waals surface area contributed by atoms with Gasteiger partial charge in [0.15, 0.2) is 0 Å².